The first-order valence-corrected chi connectivity index (χ1v) is 4.28. The van der Waals surface area contributed by atoms with Crippen molar-refractivity contribution in [1.82, 2.24) is 10.2 Å². The zero-order chi connectivity index (χ0) is 10.8. The molecule has 0 aliphatic rings. The van der Waals surface area contributed by atoms with Gasteiger partial charge >= 0.3 is 5.97 Å². The molecule has 5 nitrogen and oxygen atoms in total. The molecule has 2 aromatic rings. The number of nitrogens with one attached hydrogen (secondary N) is 1. The van der Waals surface area contributed by atoms with Crippen LogP contribution in [0, 0.1) is 0 Å². The number of para-hydroxylation sites is 1. The van der Waals surface area contributed by atoms with Crippen molar-refractivity contribution in [3.63, 3.8) is 0 Å². The number of hydrogen-bond donors (Lipinski definition) is 1. The summed E-state index contributed by atoms with van der Waals surface area (Å²) in [4.78, 5) is 22.0. The van der Waals surface area contributed by atoms with Gasteiger partial charge in [-0.1, -0.05) is 12.1 Å². The summed E-state index contributed by atoms with van der Waals surface area (Å²) in [6.45, 7) is 0. The predicted octanol–water partition coefficient (Wildman–Crippen LogP) is 1.16. The highest BCUT2D eigenvalue weighted by molar-refractivity contribution is 6.06. The Labute approximate surface area is 85.0 Å². The summed E-state index contributed by atoms with van der Waals surface area (Å²) < 4.78 is 4.58. The highest BCUT2D eigenvalue weighted by atomic mass is 16.5. The molecule has 1 N–H and O–H groups in total. The van der Waals surface area contributed by atoms with E-state index >= 15 is 0 Å². The lowest BCUT2D eigenvalue weighted by atomic mass is 10.1. The molecule has 0 atom stereocenters. The van der Waals surface area contributed by atoms with Crippen LogP contribution in [0.5, 0.6) is 0 Å². The molecule has 0 bridgehead atoms. The van der Waals surface area contributed by atoms with E-state index in [1.54, 1.807) is 18.2 Å². The molecule has 1 aromatic heterocycles. The number of benzene rings is 1. The number of nitrogens with zero attached hydrogens (tertiary/aromatic N) is 1. The van der Waals surface area contributed by atoms with Crippen LogP contribution in [0.3, 0.4) is 0 Å². The monoisotopic (exact) mass is 204 g/mol. The number of aromatic nitrogens is 2. The molecule has 0 spiro atoms. The van der Waals surface area contributed by atoms with Crippen LogP contribution in [0.1, 0.15) is 20.8 Å². The first kappa shape index (κ1) is 9.39. The fourth-order valence-corrected chi connectivity index (χ4v) is 1.41. The molecular formula is C10H8N2O3. The maximum Gasteiger partial charge on any atom is 0.356 e. The fourth-order valence-electron chi connectivity index (χ4n) is 1.41. The van der Waals surface area contributed by atoms with Crippen molar-refractivity contribution in [2.45, 2.75) is 0 Å². The van der Waals surface area contributed by atoms with E-state index in [1.165, 1.54) is 7.11 Å². The first-order valence-electron chi connectivity index (χ1n) is 4.28. The Morgan fingerprint density at radius 3 is 3.00 bits per heavy atom. The number of fused-ring (bicyclic) bond motifs is 1. The van der Waals surface area contributed by atoms with E-state index < -0.39 is 5.97 Å². The molecule has 1 heterocycles. The third kappa shape index (κ3) is 1.38. The largest absolute Gasteiger partial charge is 0.464 e. The first-order chi connectivity index (χ1) is 7.27. The standard InChI is InChI=1S/C10H8N2O3/c1-15-10(14)9-7-4-2-3-6(5-13)8(7)11-12-9/h2-5H,1H3,(H,11,12). The molecule has 0 aliphatic heterocycles. The summed E-state index contributed by atoms with van der Waals surface area (Å²) in [6.07, 6.45) is 0.699. The Bertz CT molecular complexity index is 530. The van der Waals surface area contributed by atoms with Crippen LogP contribution < -0.4 is 0 Å². The van der Waals surface area contributed by atoms with Crippen LogP contribution in [0.15, 0.2) is 18.2 Å². The van der Waals surface area contributed by atoms with Crippen LogP contribution in [0.2, 0.25) is 0 Å². The van der Waals surface area contributed by atoms with E-state index in [0.717, 1.165) is 0 Å². The second-order valence-corrected chi connectivity index (χ2v) is 2.95. The van der Waals surface area contributed by atoms with Gasteiger partial charge in [0, 0.05) is 10.9 Å². The third-order valence-electron chi connectivity index (χ3n) is 2.13. The molecule has 2 rings (SSSR count). The summed E-state index contributed by atoms with van der Waals surface area (Å²) in [5.41, 5.74) is 1.18. The Balaban J connectivity index is 2.71. The zero-order valence-electron chi connectivity index (χ0n) is 7.98. The van der Waals surface area contributed by atoms with E-state index in [2.05, 4.69) is 14.9 Å². The smallest absolute Gasteiger partial charge is 0.356 e. The van der Waals surface area contributed by atoms with Crippen LogP contribution in [-0.2, 0) is 4.74 Å². The topological polar surface area (TPSA) is 72.1 Å². The van der Waals surface area contributed by atoms with E-state index in [1.807, 2.05) is 0 Å². The number of rotatable bonds is 2. The van der Waals surface area contributed by atoms with Gasteiger partial charge in [0.2, 0.25) is 0 Å². The molecule has 5 heteroatoms. The van der Waals surface area contributed by atoms with Gasteiger partial charge in [0.1, 0.15) is 5.52 Å². The quantitative estimate of drug-likeness (QED) is 0.588. The minimum absolute atomic E-state index is 0.260. The van der Waals surface area contributed by atoms with Crippen LogP contribution in [0.25, 0.3) is 10.9 Å². The van der Waals surface area contributed by atoms with Crippen molar-refractivity contribution < 1.29 is 14.3 Å². The van der Waals surface area contributed by atoms with Crippen molar-refractivity contribution in [1.29, 1.82) is 0 Å². The van der Waals surface area contributed by atoms with Crippen molar-refractivity contribution in [3.8, 4) is 0 Å². The number of carbonyl (C=O) groups is 2. The average molecular weight is 204 g/mol. The van der Waals surface area contributed by atoms with Gasteiger partial charge in [-0.3, -0.25) is 9.89 Å². The summed E-state index contributed by atoms with van der Waals surface area (Å²) in [5, 5.41) is 7.05. The lowest BCUT2D eigenvalue weighted by Crippen LogP contribution is -2.01. The molecular weight excluding hydrogens is 196 g/mol. The van der Waals surface area contributed by atoms with Crippen molar-refractivity contribution in [3.05, 3.63) is 29.5 Å². The van der Waals surface area contributed by atoms with E-state index in [9.17, 15) is 9.59 Å². The Hall–Kier alpha value is -2.17. The van der Waals surface area contributed by atoms with Crippen LogP contribution >= 0.6 is 0 Å². The number of hydrogen-bond acceptors (Lipinski definition) is 4. The number of carbonyl (C=O) groups excluding carboxylic acids is 2. The number of aromatic amines is 1. The van der Waals surface area contributed by atoms with Crippen LogP contribution in [-0.4, -0.2) is 29.6 Å². The molecule has 0 radical (unpaired) electrons. The maximum atomic E-state index is 11.3. The van der Waals surface area contributed by atoms with E-state index in [0.29, 0.717) is 22.8 Å². The lowest BCUT2D eigenvalue weighted by molar-refractivity contribution is 0.0596. The van der Waals surface area contributed by atoms with Crippen molar-refractivity contribution >= 4 is 23.2 Å². The Kier molecular flexibility index (Phi) is 2.21. The molecule has 76 valence electrons. The highest BCUT2D eigenvalue weighted by Gasteiger charge is 2.14. The number of methoxy groups -OCH3 is 1. The Morgan fingerprint density at radius 2 is 2.33 bits per heavy atom. The maximum absolute atomic E-state index is 11.3. The summed E-state index contributed by atoms with van der Waals surface area (Å²) in [6, 6.07) is 5.03. The molecule has 15 heavy (non-hydrogen) atoms. The molecule has 0 unspecified atom stereocenters. The van der Waals surface area contributed by atoms with Gasteiger partial charge in [0.25, 0.3) is 0 Å². The summed E-state index contributed by atoms with van der Waals surface area (Å²) in [7, 11) is 1.29. The van der Waals surface area contributed by atoms with Crippen molar-refractivity contribution in [2.24, 2.45) is 0 Å². The molecule has 0 saturated heterocycles. The van der Waals surface area contributed by atoms with Crippen molar-refractivity contribution in [2.75, 3.05) is 7.11 Å². The molecule has 0 aliphatic carbocycles. The summed E-state index contributed by atoms with van der Waals surface area (Å²) in [5.74, 6) is -0.499. The predicted molar refractivity (Wildman–Crippen MR) is 52.8 cm³/mol. The molecule has 0 saturated carbocycles. The van der Waals surface area contributed by atoms with Gasteiger partial charge in [-0.05, 0) is 6.07 Å². The average Bonchev–Trinajstić information content (AvgIpc) is 2.71. The number of esters is 1. The van der Waals surface area contributed by atoms with Gasteiger partial charge < -0.3 is 4.74 Å². The van der Waals surface area contributed by atoms with Gasteiger partial charge in [-0.2, -0.15) is 5.10 Å². The molecule has 1 aromatic carbocycles. The van der Waals surface area contributed by atoms with E-state index in [4.69, 9.17) is 0 Å². The van der Waals surface area contributed by atoms with Gasteiger partial charge in [0.05, 0.1) is 7.11 Å². The highest BCUT2D eigenvalue weighted by Crippen LogP contribution is 2.18. The fraction of sp³-hybridized carbons (Fsp3) is 0.100. The van der Waals surface area contributed by atoms with Gasteiger partial charge in [-0.25, -0.2) is 4.79 Å². The Morgan fingerprint density at radius 1 is 1.53 bits per heavy atom. The SMILES string of the molecule is COC(=O)c1[nH]nc2c(C=O)cccc12. The van der Waals surface area contributed by atoms with Gasteiger partial charge in [0.15, 0.2) is 12.0 Å². The normalized spacial score (nSPS) is 10.2. The minimum Gasteiger partial charge on any atom is -0.464 e. The zero-order valence-corrected chi connectivity index (χ0v) is 7.98. The van der Waals surface area contributed by atoms with Gasteiger partial charge in [-0.15, -0.1) is 0 Å². The second kappa shape index (κ2) is 3.53. The van der Waals surface area contributed by atoms with E-state index in [-0.39, 0.29) is 5.69 Å². The second-order valence-electron chi connectivity index (χ2n) is 2.95. The third-order valence-corrected chi connectivity index (χ3v) is 2.13. The number of ether oxygens (including phenoxy) is 1. The minimum atomic E-state index is -0.499. The molecule has 0 amide bonds. The summed E-state index contributed by atoms with van der Waals surface area (Å²) >= 11 is 0. The van der Waals surface area contributed by atoms with Crippen LogP contribution in [0.4, 0.5) is 0 Å². The number of aldehydes is 1. The molecule has 0 fully saturated rings. The lowest BCUT2D eigenvalue weighted by Gasteiger charge is -1.95. The number of H-pyrrole nitrogens is 1.